The number of H-pyrrole nitrogens is 1. The first-order valence-electron chi connectivity index (χ1n) is 3.44. The van der Waals surface area contributed by atoms with E-state index in [1.807, 2.05) is 0 Å². The maximum Gasteiger partial charge on any atom is 0.298 e. The summed E-state index contributed by atoms with van der Waals surface area (Å²) in [6.45, 7) is 0. The lowest BCUT2D eigenvalue weighted by atomic mass is 10.4. The fourth-order valence-corrected chi connectivity index (χ4v) is 1.48. The predicted molar refractivity (Wildman–Crippen MR) is 41.4 cm³/mol. The van der Waals surface area contributed by atoms with Gasteiger partial charge in [-0.15, -0.1) is 5.10 Å². The summed E-state index contributed by atoms with van der Waals surface area (Å²) in [4.78, 5) is 3.76. The molecule has 0 amide bonds. The first kappa shape index (κ1) is 8.00. The quantitative estimate of drug-likeness (QED) is 0.721. The van der Waals surface area contributed by atoms with Crippen molar-refractivity contribution in [3.05, 3.63) is 5.82 Å². The molecule has 0 aromatic carbocycles. The first-order valence-corrected chi connectivity index (χ1v) is 5.75. The molecule has 0 aliphatic heterocycles. The summed E-state index contributed by atoms with van der Waals surface area (Å²) in [6.07, 6.45) is 2.08. The molecule has 0 bridgehead atoms. The fourth-order valence-electron chi connectivity index (χ4n) is 0.907. The van der Waals surface area contributed by atoms with Crippen molar-refractivity contribution in [2.45, 2.75) is 23.9 Å². The Bertz CT molecular complexity index is 395. The SMILES string of the molecule is O=S(=O)(Cl)c1n[nH]c(C2CC2)n1. The Labute approximate surface area is 73.6 Å². The summed E-state index contributed by atoms with van der Waals surface area (Å²) in [6, 6.07) is 0. The van der Waals surface area contributed by atoms with Crippen LogP contribution in [-0.2, 0) is 9.05 Å². The Hall–Kier alpha value is -0.620. The highest BCUT2D eigenvalue weighted by molar-refractivity contribution is 8.13. The lowest BCUT2D eigenvalue weighted by Crippen LogP contribution is -1.93. The van der Waals surface area contributed by atoms with Gasteiger partial charge in [0.25, 0.3) is 14.2 Å². The molecule has 7 heteroatoms. The van der Waals surface area contributed by atoms with Crippen molar-refractivity contribution in [2.75, 3.05) is 0 Å². The lowest BCUT2D eigenvalue weighted by molar-refractivity contribution is 0.601. The monoisotopic (exact) mass is 207 g/mol. The van der Waals surface area contributed by atoms with E-state index in [-0.39, 0.29) is 5.16 Å². The van der Waals surface area contributed by atoms with Crippen molar-refractivity contribution in [3.8, 4) is 0 Å². The van der Waals surface area contributed by atoms with E-state index in [4.69, 9.17) is 10.7 Å². The van der Waals surface area contributed by atoms with Gasteiger partial charge in [0, 0.05) is 16.6 Å². The van der Waals surface area contributed by atoms with Crippen LogP contribution in [0, 0.1) is 0 Å². The van der Waals surface area contributed by atoms with E-state index in [9.17, 15) is 8.42 Å². The second kappa shape index (κ2) is 2.43. The zero-order valence-corrected chi connectivity index (χ0v) is 7.56. The standard InChI is InChI=1S/C5H6ClN3O2S/c6-12(10,11)5-7-4(8-9-5)3-1-2-3/h3H,1-2H2,(H,7,8,9). The molecule has 1 heterocycles. The third-order valence-corrected chi connectivity index (χ3v) is 2.70. The molecule has 0 saturated heterocycles. The van der Waals surface area contributed by atoms with E-state index in [2.05, 4.69) is 15.2 Å². The van der Waals surface area contributed by atoms with Gasteiger partial charge in [0.05, 0.1) is 0 Å². The maximum absolute atomic E-state index is 10.7. The minimum absolute atomic E-state index is 0.328. The molecule has 0 unspecified atom stereocenters. The van der Waals surface area contributed by atoms with Gasteiger partial charge in [-0.3, -0.25) is 5.10 Å². The normalized spacial score (nSPS) is 18.1. The second-order valence-electron chi connectivity index (χ2n) is 2.72. The van der Waals surface area contributed by atoms with Gasteiger partial charge in [0.15, 0.2) is 0 Å². The molecule has 1 aliphatic carbocycles. The van der Waals surface area contributed by atoms with Crippen molar-refractivity contribution < 1.29 is 8.42 Å². The third-order valence-electron chi connectivity index (χ3n) is 1.66. The molecule has 1 fully saturated rings. The molecule has 1 aromatic rings. The lowest BCUT2D eigenvalue weighted by Gasteiger charge is -1.83. The van der Waals surface area contributed by atoms with Crippen LogP contribution in [0.1, 0.15) is 24.6 Å². The van der Waals surface area contributed by atoms with Gasteiger partial charge in [-0.2, -0.15) is 0 Å². The van der Waals surface area contributed by atoms with Crippen molar-refractivity contribution in [2.24, 2.45) is 0 Å². The molecule has 1 aromatic heterocycles. The van der Waals surface area contributed by atoms with E-state index in [1.165, 1.54) is 0 Å². The van der Waals surface area contributed by atoms with Gasteiger partial charge in [0.1, 0.15) is 5.82 Å². The number of halogens is 1. The predicted octanol–water partition coefficient (Wildman–Crippen LogP) is 0.610. The van der Waals surface area contributed by atoms with Crippen LogP contribution in [0.5, 0.6) is 0 Å². The summed E-state index contributed by atoms with van der Waals surface area (Å²) in [5.74, 6) is 0.971. The average Bonchev–Trinajstić information content (AvgIpc) is 2.66. The number of nitrogens with one attached hydrogen (secondary N) is 1. The summed E-state index contributed by atoms with van der Waals surface area (Å²) in [5, 5.41) is 5.71. The van der Waals surface area contributed by atoms with E-state index in [0.29, 0.717) is 11.7 Å². The van der Waals surface area contributed by atoms with E-state index in [0.717, 1.165) is 12.8 Å². The molecule has 0 atom stereocenters. The Kier molecular flexibility index (Phi) is 1.62. The minimum Gasteiger partial charge on any atom is -0.262 e. The van der Waals surface area contributed by atoms with Gasteiger partial charge in [-0.1, -0.05) is 0 Å². The molecule has 5 nitrogen and oxygen atoms in total. The number of aromatic amines is 1. The Morgan fingerprint density at radius 1 is 1.50 bits per heavy atom. The molecule has 1 saturated carbocycles. The van der Waals surface area contributed by atoms with Gasteiger partial charge >= 0.3 is 0 Å². The molecule has 0 radical (unpaired) electrons. The van der Waals surface area contributed by atoms with E-state index < -0.39 is 9.05 Å². The topological polar surface area (TPSA) is 75.7 Å². The zero-order valence-electron chi connectivity index (χ0n) is 5.99. The van der Waals surface area contributed by atoms with Gasteiger partial charge in [-0.25, -0.2) is 13.4 Å². The largest absolute Gasteiger partial charge is 0.298 e. The van der Waals surface area contributed by atoms with Crippen molar-refractivity contribution in [1.82, 2.24) is 15.2 Å². The molecule has 0 spiro atoms. The van der Waals surface area contributed by atoms with Crippen molar-refractivity contribution in [1.29, 1.82) is 0 Å². The van der Waals surface area contributed by atoms with Crippen LogP contribution >= 0.6 is 10.7 Å². The minimum atomic E-state index is -3.77. The molecule has 2 rings (SSSR count). The number of aromatic nitrogens is 3. The summed E-state index contributed by atoms with van der Waals surface area (Å²) >= 11 is 0. The number of hydrogen-bond donors (Lipinski definition) is 1. The Morgan fingerprint density at radius 3 is 2.58 bits per heavy atom. The summed E-state index contributed by atoms with van der Waals surface area (Å²) in [5.41, 5.74) is 0. The van der Waals surface area contributed by atoms with E-state index >= 15 is 0 Å². The molecular weight excluding hydrogens is 202 g/mol. The highest BCUT2D eigenvalue weighted by Crippen LogP contribution is 2.38. The van der Waals surface area contributed by atoms with Gasteiger partial charge in [0.2, 0.25) is 0 Å². The summed E-state index contributed by atoms with van der Waals surface area (Å²) in [7, 11) is 1.26. The van der Waals surface area contributed by atoms with Crippen molar-refractivity contribution >= 4 is 19.7 Å². The highest BCUT2D eigenvalue weighted by Gasteiger charge is 2.29. The average molecular weight is 208 g/mol. The molecule has 1 N–H and O–H groups in total. The Balaban J connectivity index is 2.35. The van der Waals surface area contributed by atoms with E-state index in [1.54, 1.807) is 0 Å². The molecule has 12 heavy (non-hydrogen) atoms. The molecular formula is C5H6ClN3O2S. The van der Waals surface area contributed by atoms with Gasteiger partial charge in [-0.05, 0) is 12.8 Å². The van der Waals surface area contributed by atoms with Crippen molar-refractivity contribution in [3.63, 3.8) is 0 Å². The zero-order chi connectivity index (χ0) is 8.77. The second-order valence-corrected chi connectivity index (χ2v) is 5.18. The Morgan fingerprint density at radius 2 is 2.17 bits per heavy atom. The van der Waals surface area contributed by atoms with Crippen LogP contribution in [0.15, 0.2) is 5.16 Å². The fraction of sp³-hybridized carbons (Fsp3) is 0.600. The first-order chi connectivity index (χ1) is 5.57. The number of nitrogens with zero attached hydrogens (tertiary/aromatic N) is 2. The maximum atomic E-state index is 10.7. The van der Waals surface area contributed by atoms with Crippen LogP contribution in [0.3, 0.4) is 0 Å². The third kappa shape index (κ3) is 1.44. The highest BCUT2D eigenvalue weighted by atomic mass is 35.7. The van der Waals surface area contributed by atoms with Crippen LogP contribution in [0.2, 0.25) is 0 Å². The smallest absolute Gasteiger partial charge is 0.262 e. The number of rotatable bonds is 2. The molecule has 66 valence electrons. The van der Waals surface area contributed by atoms with Crippen LogP contribution in [-0.4, -0.2) is 23.6 Å². The van der Waals surface area contributed by atoms with Crippen LogP contribution in [0.4, 0.5) is 0 Å². The molecule has 1 aliphatic rings. The van der Waals surface area contributed by atoms with Crippen LogP contribution < -0.4 is 0 Å². The number of hydrogen-bond acceptors (Lipinski definition) is 4. The van der Waals surface area contributed by atoms with Gasteiger partial charge < -0.3 is 0 Å². The summed E-state index contributed by atoms with van der Waals surface area (Å²) < 4.78 is 21.4. The van der Waals surface area contributed by atoms with Crippen LogP contribution in [0.25, 0.3) is 0 Å².